The smallest absolute Gasteiger partial charge is 0.129 e. The maximum absolute atomic E-state index is 6.44. The standard InChI is InChI=1S/C20H24N6/c21-18(17-11-23-6-7-26(17)22)14-3-1-2-13(8-14)15-9-16-19(24-10-15)25-12-20(16)4-5-20/h1-3,8-10,23H,4-7,11-12,21-22H2,(H,24,25)/b18-17-. The average Bonchev–Trinajstić information content (AvgIpc) is 3.38. The molecule has 2 aliphatic heterocycles. The molecule has 1 aromatic heterocycles. The molecule has 1 aromatic carbocycles. The molecule has 6 nitrogen and oxygen atoms in total. The van der Waals surface area contributed by atoms with E-state index in [9.17, 15) is 0 Å². The highest BCUT2D eigenvalue weighted by atomic mass is 15.4. The maximum Gasteiger partial charge on any atom is 0.129 e. The van der Waals surface area contributed by atoms with E-state index < -0.39 is 0 Å². The van der Waals surface area contributed by atoms with Gasteiger partial charge in [0.05, 0.1) is 11.4 Å². The minimum atomic E-state index is 0.338. The summed E-state index contributed by atoms with van der Waals surface area (Å²) in [6.07, 6.45) is 4.47. The summed E-state index contributed by atoms with van der Waals surface area (Å²) < 4.78 is 0. The van der Waals surface area contributed by atoms with Gasteiger partial charge in [0.2, 0.25) is 0 Å². The Hall–Kier alpha value is -2.57. The first-order chi connectivity index (χ1) is 12.7. The zero-order valence-corrected chi connectivity index (χ0v) is 14.8. The Balaban J connectivity index is 1.52. The minimum absolute atomic E-state index is 0.338. The van der Waals surface area contributed by atoms with Crippen molar-refractivity contribution in [1.29, 1.82) is 0 Å². The number of aromatic nitrogens is 1. The number of hydrogen-bond acceptors (Lipinski definition) is 6. The highest BCUT2D eigenvalue weighted by Gasteiger charge is 2.49. The molecule has 2 aromatic rings. The van der Waals surface area contributed by atoms with Gasteiger partial charge in [-0.25, -0.2) is 10.8 Å². The molecule has 0 bridgehead atoms. The van der Waals surface area contributed by atoms with Crippen LogP contribution in [0.4, 0.5) is 5.82 Å². The zero-order valence-electron chi connectivity index (χ0n) is 14.8. The van der Waals surface area contributed by atoms with Crippen LogP contribution in [0.3, 0.4) is 0 Å². The summed E-state index contributed by atoms with van der Waals surface area (Å²) in [4.78, 5) is 4.66. The monoisotopic (exact) mass is 348 g/mol. The Morgan fingerprint density at radius 2 is 2.08 bits per heavy atom. The Morgan fingerprint density at radius 3 is 2.88 bits per heavy atom. The van der Waals surface area contributed by atoms with Crippen LogP contribution >= 0.6 is 0 Å². The van der Waals surface area contributed by atoms with Crippen LogP contribution < -0.4 is 22.2 Å². The molecule has 1 saturated carbocycles. The summed E-state index contributed by atoms with van der Waals surface area (Å²) in [6.45, 7) is 3.36. The summed E-state index contributed by atoms with van der Waals surface area (Å²) in [5.74, 6) is 7.16. The van der Waals surface area contributed by atoms with Crippen LogP contribution in [0.25, 0.3) is 16.8 Å². The van der Waals surface area contributed by atoms with E-state index in [1.807, 2.05) is 18.3 Å². The topological polar surface area (TPSA) is 92.2 Å². The lowest BCUT2D eigenvalue weighted by atomic mass is 9.96. The quantitative estimate of drug-likeness (QED) is 0.616. The highest BCUT2D eigenvalue weighted by Crippen LogP contribution is 2.54. The molecule has 3 heterocycles. The number of pyridine rings is 1. The van der Waals surface area contributed by atoms with Crippen molar-refractivity contribution >= 4 is 11.5 Å². The van der Waals surface area contributed by atoms with E-state index in [1.165, 1.54) is 18.4 Å². The molecule has 0 unspecified atom stereocenters. The van der Waals surface area contributed by atoms with Crippen molar-refractivity contribution in [1.82, 2.24) is 15.3 Å². The summed E-state index contributed by atoms with van der Waals surface area (Å²) in [5.41, 5.74) is 13.1. The first-order valence-electron chi connectivity index (χ1n) is 9.23. The second-order valence-electron chi connectivity index (χ2n) is 7.57. The van der Waals surface area contributed by atoms with E-state index >= 15 is 0 Å². The lowest BCUT2D eigenvalue weighted by Gasteiger charge is -2.29. The van der Waals surface area contributed by atoms with Crippen molar-refractivity contribution in [2.45, 2.75) is 18.3 Å². The van der Waals surface area contributed by atoms with Crippen LogP contribution in [-0.2, 0) is 5.41 Å². The molecule has 2 fully saturated rings. The first kappa shape index (κ1) is 15.7. The number of anilines is 1. The molecule has 1 saturated heterocycles. The minimum Gasteiger partial charge on any atom is -0.397 e. The third kappa shape index (κ3) is 2.45. The number of benzene rings is 1. The van der Waals surface area contributed by atoms with Crippen molar-refractivity contribution in [2.24, 2.45) is 11.6 Å². The van der Waals surface area contributed by atoms with E-state index in [0.29, 0.717) is 12.0 Å². The van der Waals surface area contributed by atoms with Crippen molar-refractivity contribution in [3.63, 3.8) is 0 Å². The Labute approximate surface area is 153 Å². The summed E-state index contributed by atoms with van der Waals surface area (Å²) in [7, 11) is 0. The SMILES string of the molecule is N/C(=C1/CNCCN1N)c1cccc(-c2cnc3c(c2)C2(CC2)CN3)c1. The second-order valence-corrected chi connectivity index (χ2v) is 7.57. The maximum atomic E-state index is 6.44. The molecular formula is C20H24N6. The predicted molar refractivity (Wildman–Crippen MR) is 104 cm³/mol. The largest absolute Gasteiger partial charge is 0.397 e. The fraction of sp³-hybridized carbons (Fsp3) is 0.350. The van der Waals surface area contributed by atoms with Gasteiger partial charge in [0.25, 0.3) is 0 Å². The lowest BCUT2D eigenvalue weighted by molar-refractivity contribution is 0.313. The number of nitrogens with zero attached hydrogens (tertiary/aromatic N) is 2. The molecule has 0 amide bonds. The van der Waals surface area contributed by atoms with Crippen LogP contribution in [0, 0.1) is 0 Å². The van der Waals surface area contributed by atoms with Gasteiger partial charge in [-0.05, 0) is 36.1 Å². The Bertz CT molecular complexity index is 899. The zero-order chi connectivity index (χ0) is 17.7. The van der Waals surface area contributed by atoms with Crippen molar-refractivity contribution in [3.05, 3.63) is 53.4 Å². The normalized spacial score (nSPS) is 22.1. The van der Waals surface area contributed by atoms with Gasteiger partial charge in [0.1, 0.15) is 5.82 Å². The van der Waals surface area contributed by atoms with Crippen molar-refractivity contribution in [2.75, 3.05) is 31.5 Å². The lowest BCUT2D eigenvalue weighted by Crippen LogP contribution is -2.46. The molecule has 0 atom stereocenters. The van der Waals surface area contributed by atoms with Crippen LogP contribution in [0.2, 0.25) is 0 Å². The van der Waals surface area contributed by atoms with Crippen molar-refractivity contribution < 1.29 is 0 Å². The second kappa shape index (κ2) is 5.72. The van der Waals surface area contributed by atoms with E-state index in [-0.39, 0.29) is 0 Å². The molecule has 1 spiro atoms. The fourth-order valence-electron chi connectivity index (χ4n) is 4.04. The molecule has 134 valence electrons. The van der Waals surface area contributed by atoms with Gasteiger partial charge in [-0.15, -0.1) is 0 Å². The number of rotatable bonds is 2. The number of piperazine rings is 1. The fourth-order valence-corrected chi connectivity index (χ4v) is 4.04. The number of hydrazine groups is 1. The van der Waals surface area contributed by atoms with E-state index in [2.05, 4.69) is 33.8 Å². The summed E-state index contributed by atoms with van der Waals surface area (Å²) >= 11 is 0. The predicted octanol–water partition coefficient (Wildman–Crippen LogP) is 1.61. The van der Waals surface area contributed by atoms with Gasteiger partial charge in [-0.2, -0.15) is 0 Å². The van der Waals surface area contributed by atoms with Gasteiger partial charge >= 0.3 is 0 Å². The number of fused-ring (bicyclic) bond motifs is 2. The van der Waals surface area contributed by atoms with E-state index in [1.54, 1.807) is 5.01 Å². The molecule has 26 heavy (non-hydrogen) atoms. The van der Waals surface area contributed by atoms with Crippen molar-refractivity contribution in [3.8, 4) is 11.1 Å². The Kier molecular flexibility index (Phi) is 3.45. The first-order valence-corrected chi connectivity index (χ1v) is 9.23. The molecule has 1 aliphatic carbocycles. The summed E-state index contributed by atoms with van der Waals surface area (Å²) in [6, 6.07) is 10.6. The molecular weight excluding hydrogens is 324 g/mol. The third-order valence-electron chi connectivity index (χ3n) is 5.89. The van der Waals surface area contributed by atoms with Gasteiger partial charge in [-0.3, -0.25) is 0 Å². The Morgan fingerprint density at radius 1 is 1.19 bits per heavy atom. The summed E-state index contributed by atoms with van der Waals surface area (Å²) in [5, 5.41) is 8.52. The van der Waals surface area contributed by atoms with Crippen LogP contribution in [0.1, 0.15) is 24.0 Å². The molecule has 0 radical (unpaired) electrons. The highest BCUT2D eigenvalue weighted by molar-refractivity contribution is 5.74. The molecule has 3 aliphatic rings. The van der Waals surface area contributed by atoms with Gasteiger partial charge in [0, 0.05) is 48.9 Å². The van der Waals surface area contributed by atoms with Crippen LogP contribution in [-0.4, -0.2) is 36.2 Å². The number of nitrogens with two attached hydrogens (primary N) is 2. The average molecular weight is 348 g/mol. The molecule has 6 heteroatoms. The number of hydrogen-bond donors (Lipinski definition) is 4. The van der Waals surface area contributed by atoms with Gasteiger partial charge < -0.3 is 21.4 Å². The third-order valence-corrected chi connectivity index (χ3v) is 5.89. The van der Waals surface area contributed by atoms with Gasteiger partial charge in [0.15, 0.2) is 0 Å². The van der Waals surface area contributed by atoms with E-state index in [0.717, 1.165) is 53.5 Å². The number of nitrogens with one attached hydrogen (secondary N) is 2. The van der Waals surface area contributed by atoms with Crippen LogP contribution in [0.15, 0.2) is 42.2 Å². The molecule has 5 rings (SSSR count). The molecule has 6 N–H and O–H groups in total. The van der Waals surface area contributed by atoms with Crippen LogP contribution in [0.5, 0.6) is 0 Å². The van der Waals surface area contributed by atoms with Gasteiger partial charge in [-0.1, -0.05) is 18.2 Å². The van der Waals surface area contributed by atoms with E-state index in [4.69, 9.17) is 11.6 Å².